The first kappa shape index (κ1) is 13.3. The fourth-order valence-electron chi connectivity index (χ4n) is 1.41. The molecule has 7 heteroatoms. The van der Waals surface area contributed by atoms with Crippen molar-refractivity contribution in [3.8, 4) is 10.6 Å². The molecule has 1 amide bonds. The number of nitrogens with zero attached hydrogens (tertiary/aromatic N) is 1. The number of hydrogen-bond donors (Lipinski definition) is 2. The summed E-state index contributed by atoms with van der Waals surface area (Å²) in [4.78, 5) is 24.8. The number of carbonyl (C=O) groups is 2. The van der Waals surface area contributed by atoms with Gasteiger partial charge in [-0.3, -0.25) is 9.89 Å². The van der Waals surface area contributed by atoms with E-state index in [4.69, 9.17) is 4.74 Å². The van der Waals surface area contributed by atoms with Crippen LogP contribution in [0.25, 0.3) is 10.6 Å². The number of thiophene rings is 1. The molecule has 2 rings (SSSR count). The highest BCUT2D eigenvalue weighted by atomic mass is 32.1. The molecule has 0 bridgehead atoms. The van der Waals surface area contributed by atoms with Gasteiger partial charge in [0.1, 0.15) is 0 Å². The fourth-order valence-corrected chi connectivity index (χ4v) is 2.24. The number of nitrogens with one attached hydrogen (secondary N) is 2. The quantitative estimate of drug-likeness (QED) is 0.827. The Hall–Kier alpha value is -2.15. The number of aryl methyl sites for hydroxylation is 1. The first-order valence-electron chi connectivity index (χ1n) is 5.60. The lowest BCUT2D eigenvalue weighted by Gasteiger charge is -2.00. The van der Waals surface area contributed by atoms with Crippen molar-refractivity contribution >= 4 is 23.2 Å². The van der Waals surface area contributed by atoms with Gasteiger partial charge in [0.25, 0.3) is 5.91 Å². The molecule has 0 saturated heterocycles. The summed E-state index contributed by atoms with van der Waals surface area (Å²) in [5, 5.41) is 9.02. The van der Waals surface area contributed by atoms with Crippen LogP contribution < -0.4 is 5.32 Å². The molecule has 0 aliphatic heterocycles. The number of hydrogen-bond acceptors (Lipinski definition) is 5. The summed E-state index contributed by atoms with van der Waals surface area (Å²) >= 11 is 1.60. The lowest BCUT2D eigenvalue weighted by Crippen LogP contribution is -2.25. The summed E-state index contributed by atoms with van der Waals surface area (Å²) in [7, 11) is 1.47. The zero-order valence-corrected chi connectivity index (χ0v) is 11.3. The third-order valence-corrected chi connectivity index (χ3v) is 3.44. The standard InChI is InChI=1S/C12H13N3O3S/c1-7-3-4-10(19-7)8-5-9(15-14-8)12(17)18-6-11(16)13-2/h3-5H,6H2,1-2H3,(H,13,16)(H,14,15). The number of likely N-dealkylation sites (N-methyl/N-ethyl adjacent to an activating group) is 1. The number of aromatic amines is 1. The van der Waals surface area contributed by atoms with E-state index >= 15 is 0 Å². The zero-order chi connectivity index (χ0) is 13.8. The van der Waals surface area contributed by atoms with E-state index in [-0.39, 0.29) is 18.2 Å². The topological polar surface area (TPSA) is 84.1 Å². The average Bonchev–Trinajstić information content (AvgIpc) is 3.03. The predicted molar refractivity (Wildman–Crippen MR) is 71.0 cm³/mol. The van der Waals surface area contributed by atoms with Crippen molar-refractivity contribution in [1.29, 1.82) is 0 Å². The average molecular weight is 279 g/mol. The fraction of sp³-hybridized carbons (Fsp3) is 0.250. The lowest BCUT2D eigenvalue weighted by atomic mass is 10.3. The number of H-pyrrole nitrogens is 1. The highest BCUT2D eigenvalue weighted by Crippen LogP contribution is 2.26. The van der Waals surface area contributed by atoms with E-state index in [9.17, 15) is 9.59 Å². The third kappa shape index (κ3) is 3.19. The van der Waals surface area contributed by atoms with E-state index in [1.807, 2.05) is 19.1 Å². The van der Waals surface area contributed by atoms with Crippen molar-refractivity contribution in [2.45, 2.75) is 6.92 Å². The molecule has 2 N–H and O–H groups in total. The highest BCUT2D eigenvalue weighted by molar-refractivity contribution is 7.15. The van der Waals surface area contributed by atoms with E-state index in [0.29, 0.717) is 0 Å². The van der Waals surface area contributed by atoms with Gasteiger partial charge in [-0.05, 0) is 25.1 Å². The van der Waals surface area contributed by atoms with Gasteiger partial charge in [-0.25, -0.2) is 4.79 Å². The molecule has 6 nitrogen and oxygen atoms in total. The Labute approximate surface area is 113 Å². The molecule has 0 aromatic carbocycles. The van der Waals surface area contributed by atoms with Crippen molar-refractivity contribution < 1.29 is 14.3 Å². The molecule has 0 fully saturated rings. The molecule has 0 atom stereocenters. The van der Waals surface area contributed by atoms with Gasteiger partial charge in [0.2, 0.25) is 0 Å². The second kappa shape index (κ2) is 5.66. The van der Waals surface area contributed by atoms with Crippen LogP contribution in [0.3, 0.4) is 0 Å². The molecule has 2 heterocycles. The van der Waals surface area contributed by atoms with E-state index < -0.39 is 5.97 Å². The Morgan fingerprint density at radius 3 is 2.89 bits per heavy atom. The lowest BCUT2D eigenvalue weighted by molar-refractivity contribution is -0.123. The molecular weight excluding hydrogens is 266 g/mol. The second-order valence-electron chi connectivity index (χ2n) is 3.83. The van der Waals surface area contributed by atoms with Crippen molar-refractivity contribution in [2.24, 2.45) is 0 Å². The molecular formula is C12H13N3O3S. The first-order valence-corrected chi connectivity index (χ1v) is 6.41. The molecule has 2 aromatic rings. The van der Waals surface area contributed by atoms with Crippen molar-refractivity contribution in [1.82, 2.24) is 15.5 Å². The Balaban J connectivity index is 2.04. The van der Waals surface area contributed by atoms with E-state index in [0.717, 1.165) is 10.6 Å². The zero-order valence-electron chi connectivity index (χ0n) is 10.5. The van der Waals surface area contributed by atoms with Crippen LogP contribution in [0.5, 0.6) is 0 Å². The largest absolute Gasteiger partial charge is 0.451 e. The molecule has 0 aliphatic rings. The molecule has 2 aromatic heterocycles. The van der Waals surface area contributed by atoms with Crippen LogP contribution >= 0.6 is 11.3 Å². The minimum Gasteiger partial charge on any atom is -0.451 e. The molecule has 0 unspecified atom stereocenters. The van der Waals surface area contributed by atoms with Crippen LogP contribution in [0, 0.1) is 6.92 Å². The van der Waals surface area contributed by atoms with Crippen LogP contribution in [0.2, 0.25) is 0 Å². The molecule has 100 valence electrons. The minimum absolute atomic E-state index is 0.157. The van der Waals surface area contributed by atoms with Crippen LogP contribution in [0.4, 0.5) is 0 Å². The van der Waals surface area contributed by atoms with Crippen LogP contribution in [0.1, 0.15) is 15.4 Å². The summed E-state index contributed by atoms with van der Waals surface area (Å²) in [6.07, 6.45) is 0. The summed E-state index contributed by atoms with van der Waals surface area (Å²) in [5.41, 5.74) is 0.912. The highest BCUT2D eigenvalue weighted by Gasteiger charge is 2.14. The number of rotatable bonds is 4. The maximum absolute atomic E-state index is 11.6. The molecule has 0 spiro atoms. The Bertz CT molecular complexity index is 603. The van der Waals surface area contributed by atoms with Crippen LogP contribution in [0.15, 0.2) is 18.2 Å². The SMILES string of the molecule is CNC(=O)COC(=O)c1cc(-c2ccc(C)s2)[nH]n1. The first-order chi connectivity index (χ1) is 9.10. The Morgan fingerprint density at radius 1 is 1.47 bits per heavy atom. The number of carbonyl (C=O) groups excluding carboxylic acids is 2. The van der Waals surface area contributed by atoms with Gasteiger partial charge in [-0.1, -0.05) is 0 Å². The summed E-state index contributed by atoms with van der Waals surface area (Å²) < 4.78 is 4.81. The predicted octanol–water partition coefficient (Wildman–Crippen LogP) is 1.35. The maximum atomic E-state index is 11.6. The molecule has 0 radical (unpaired) electrons. The second-order valence-corrected chi connectivity index (χ2v) is 5.11. The molecule has 0 aliphatic carbocycles. The summed E-state index contributed by atoms with van der Waals surface area (Å²) in [6, 6.07) is 5.55. The number of amides is 1. The van der Waals surface area contributed by atoms with E-state index in [1.165, 1.54) is 11.9 Å². The van der Waals surface area contributed by atoms with Gasteiger partial charge in [0, 0.05) is 11.9 Å². The Morgan fingerprint density at radius 2 is 2.26 bits per heavy atom. The van der Waals surface area contributed by atoms with Crippen LogP contribution in [-0.4, -0.2) is 35.7 Å². The smallest absolute Gasteiger partial charge is 0.359 e. The van der Waals surface area contributed by atoms with Gasteiger partial charge < -0.3 is 10.1 Å². The maximum Gasteiger partial charge on any atom is 0.359 e. The van der Waals surface area contributed by atoms with E-state index in [1.54, 1.807) is 17.4 Å². The molecule has 19 heavy (non-hydrogen) atoms. The third-order valence-electron chi connectivity index (χ3n) is 2.41. The Kier molecular flexibility index (Phi) is 3.96. The van der Waals surface area contributed by atoms with Gasteiger partial charge in [-0.2, -0.15) is 5.10 Å². The van der Waals surface area contributed by atoms with Crippen molar-refractivity contribution in [3.63, 3.8) is 0 Å². The van der Waals surface area contributed by atoms with Gasteiger partial charge >= 0.3 is 5.97 Å². The van der Waals surface area contributed by atoms with Crippen molar-refractivity contribution in [3.05, 3.63) is 28.8 Å². The van der Waals surface area contributed by atoms with Crippen LogP contribution in [-0.2, 0) is 9.53 Å². The number of esters is 1. The summed E-state index contributed by atoms with van der Waals surface area (Å²) in [6.45, 7) is 1.69. The monoisotopic (exact) mass is 279 g/mol. The van der Waals surface area contributed by atoms with Gasteiger partial charge in [0.15, 0.2) is 12.3 Å². The number of aromatic nitrogens is 2. The summed E-state index contributed by atoms with van der Waals surface area (Å²) in [5.74, 6) is -0.989. The number of ether oxygens (including phenoxy) is 1. The normalized spacial score (nSPS) is 10.2. The van der Waals surface area contributed by atoms with E-state index in [2.05, 4.69) is 15.5 Å². The van der Waals surface area contributed by atoms with Gasteiger partial charge in [-0.15, -0.1) is 11.3 Å². The minimum atomic E-state index is -0.626. The molecule has 0 saturated carbocycles. The van der Waals surface area contributed by atoms with Crippen molar-refractivity contribution in [2.75, 3.05) is 13.7 Å². The van der Waals surface area contributed by atoms with Gasteiger partial charge in [0.05, 0.1) is 10.6 Å².